The topological polar surface area (TPSA) is 102 Å². The molecule has 0 radical (unpaired) electrons. The summed E-state index contributed by atoms with van der Waals surface area (Å²) >= 11 is 4.57. The molecule has 1 aliphatic heterocycles. The highest BCUT2D eigenvalue weighted by Crippen LogP contribution is 2.37. The molecule has 0 bridgehead atoms. The Bertz CT molecular complexity index is 1110. The van der Waals surface area contributed by atoms with Crippen LogP contribution in [-0.4, -0.2) is 54.4 Å². The zero-order chi connectivity index (χ0) is 21.3. The Balaban J connectivity index is 1.45. The normalized spacial score (nSPS) is 15.5. The molecule has 0 saturated carbocycles. The number of thiol groups is 1. The molecule has 0 spiro atoms. The predicted molar refractivity (Wildman–Crippen MR) is 120 cm³/mol. The van der Waals surface area contributed by atoms with Gasteiger partial charge in [0.05, 0.1) is 25.5 Å². The van der Waals surface area contributed by atoms with Gasteiger partial charge in [-0.15, -0.1) is 12.6 Å². The maximum absolute atomic E-state index is 12.6. The summed E-state index contributed by atoms with van der Waals surface area (Å²) < 4.78 is 10.7. The number of aromatic amines is 1. The molecule has 30 heavy (non-hydrogen) atoms. The maximum atomic E-state index is 12.6. The van der Waals surface area contributed by atoms with Gasteiger partial charge < -0.3 is 30.0 Å². The molecule has 1 atom stereocenters. The molecule has 156 valence electrons. The number of fused-ring (bicyclic) bond motifs is 2. The van der Waals surface area contributed by atoms with Crippen molar-refractivity contribution in [3.63, 3.8) is 0 Å². The van der Waals surface area contributed by atoms with Crippen LogP contribution >= 0.6 is 12.6 Å². The van der Waals surface area contributed by atoms with Crippen molar-refractivity contribution in [2.45, 2.75) is 5.50 Å². The second kappa shape index (κ2) is 8.19. The zero-order valence-corrected chi connectivity index (χ0v) is 17.5. The van der Waals surface area contributed by atoms with Gasteiger partial charge in [-0.25, -0.2) is 0 Å². The fraction of sp³-hybridized carbons (Fsp3) is 0.238. The lowest BCUT2D eigenvalue weighted by Crippen LogP contribution is -2.48. The van der Waals surface area contributed by atoms with Crippen LogP contribution in [0.1, 0.15) is 15.9 Å². The van der Waals surface area contributed by atoms with Crippen molar-refractivity contribution in [2.75, 3.05) is 32.6 Å². The van der Waals surface area contributed by atoms with E-state index < -0.39 is 5.50 Å². The first-order chi connectivity index (χ1) is 14.5. The van der Waals surface area contributed by atoms with Gasteiger partial charge in [0.2, 0.25) is 0 Å². The molecular formula is C21H23N5O3S. The minimum atomic E-state index is -0.409. The summed E-state index contributed by atoms with van der Waals surface area (Å²) in [4.78, 5) is 17.5. The number of aromatic nitrogens is 1. The molecule has 1 aromatic heterocycles. The maximum Gasteiger partial charge on any atom is 0.253 e. The summed E-state index contributed by atoms with van der Waals surface area (Å²) in [6.45, 7) is 0.782. The number of nitrogens with zero attached hydrogens (tertiary/aromatic N) is 1. The quantitative estimate of drug-likeness (QED) is 0.391. The molecule has 0 saturated heterocycles. The van der Waals surface area contributed by atoms with Crippen LogP contribution in [0.3, 0.4) is 0 Å². The van der Waals surface area contributed by atoms with Crippen LogP contribution in [0.25, 0.3) is 10.9 Å². The third-order valence-corrected chi connectivity index (χ3v) is 5.53. The van der Waals surface area contributed by atoms with Crippen molar-refractivity contribution in [1.82, 2.24) is 15.2 Å². The van der Waals surface area contributed by atoms with Crippen molar-refractivity contribution < 1.29 is 14.3 Å². The number of para-hydroxylation sites is 1. The summed E-state index contributed by atoms with van der Waals surface area (Å²) in [5.41, 5.74) is 2.54. The Morgan fingerprint density at radius 2 is 1.97 bits per heavy atom. The van der Waals surface area contributed by atoms with Gasteiger partial charge in [-0.1, -0.05) is 18.2 Å². The first-order valence-corrected chi connectivity index (χ1v) is 9.95. The highest BCUT2D eigenvalue weighted by Gasteiger charge is 2.28. The molecule has 1 unspecified atom stereocenters. The van der Waals surface area contributed by atoms with Crippen LogP contribution in [0.2, 0.25) is 0 Å². The first kappa shape index (κ1) is 20.0. The number of carbonyl (C=O) groups excluding carboxylic acids is 1. The van der Waals surface area contributed by atoms with Gasteiger partial charge in [0, 0.05) is 41.8 Å². The summed E-state index contributed by atoms with van der Waals surface area (Å²) in [7, 11) is 3.13. The fourth-order valence-corrected chi connectivity index (χ4v) is 3.94. The number of rotatable bonds is 6. The summed E-state index contributed by atoms with van der Waals surface area (Å²) in [6, 6.07) is 11.2. The molecule has 1 aliphatic rings. The number of ether oxygens (including phenoxy) is 2. The summed E-state index contributed by atoms with van der Waals surface area (Å²) in [6.07, 6.45) is 1.71. The van der Waals surface area contributed by atoms with Crippen molar-refractivity contribution in [1.29, 1.82) is 5.41 Å². The summed E-state index contributed by atoms with van der Waals surface area (Å²) in [5.74, 6) is 1.27. The molecule has 0 fully saturated rings. The number of carbonyl (C=O) groups is 1. The molecule has 8 nitrogen and oxygen atoms in total. The van der Waals surface area contributed by atoms with Gasteiger partial charge >= 0.3 is 0 Å². The van der Waals surface area contributed by atoms with Crippen LogP contribution in [0.5, 0.6) is 11.5 Å². The lowest BCUT2D eigenvalue weighted by atomic mass is 10.1. The molecule has 4 N–H and O–H groups in total. The second-order valence-corrected chi connectivity index (χ2v) is 7.31. The standard InChI is InChI=1S/C21H23N5O3S/c1-28-17-9-13-16(10-18(17)29-2)25-21(30)26(19(13)22)8-7-23-20(27)14-11-24-15-6-4-3-5-12(14)15/h3-6,9-11,21-22,24-25,30H,7-8H2,1-2H3,(H,23,27). The van der Waals surface area contributed by atoms with Crippen LogP contribution in [0, 0.1) is 5.41 Å². The van der Waals surface area contributed by atoms with Crippen LogP contribution in [0.15, 0.2) is 42.6 Å². The predicted octanol–water partition coefficient (Wildman–Crippen LogP) is 2.88. The van der Waals surface area contributed by atoms with Crippen LogP contribution in [0.4, 0.5) is 5.69 Å². The molecule has 2 aromatic carbocycles. The highest BCUT2D eigenvalue weighted by molar-refractivity contribution is 7.81. The van der Waals surface area contributed by atoms with Crippen molar-refractivity contribution in [3.05, 3.63) is 53.7 Å². The summed E-state index contributed by atoms with van der Waals surface area (Å²) in [5, 5.41) is 15.7. The number of anilines is 1. The van der Waals surface area contributed by atoms with E-state index in [-0.39, 0.29) is 5.91 Å². The van der Waals surface area contributed by atoms with Gasteiger partial charge in [0.25, 0.3) is 5.91 Å². The number of H-pyrrole nitrogens is 1. The van der Waals surface area contributed by atoms with E-state index in [1.54, 1.807) is 37.4 Å². The molecule has 4 rings (SSSR count). The monoisotopic (exact) mass is 425 g/mol. The number of benzene rings is 2. The molecular weight excluding hydrogens is 402 g/mol. The average Bonchev–Trinajstić information content (AvgIpc) is 3.19. The van der Waals surface area contributed by atoms with E-state index in [0.29, 0.717) is 41.6 Å². The number of amidine groups is 1. The van der Waals surface area contributed by atoms with E-state index in [1.807, 2.05) is 24.3 Å². The number of hydrogen-bond donors (Lipinski definition) is 5. The van der Waals surface area contributed by atoms with E-state index in [0.717, 1.165) is 16.6 Å². The number of amides is 1. The number of nitrogens with one attached hydrogen (secondary N) is 4. The molecule has 2 heterocycles. The number of methoxy groups -OCH3 is 2. The molecule has 3 aromatic rings. The average molecular weight is 426 g/mol. The van der Waals surface area contributed by atoms with Crippen LogP contribution < -0.4 is 20.1 Å². The Morgan fingerprint density at radius 1 is 1.23 bits per heavy atom. The first-order valence-electron chi connectivity index (χ1n) is 9.44. The minimum Gasteiger partial charge on any atom is -0.493 e. The Hall–Kier alpha value is -3.33. The lowest BCUT2D eigenvalue weighted by Gasteiger charge is -2.37. The lowest BCUT2D eigenvalue weighted by molar-refractivity contribution is 0.0953. The Labute approximate surface area is 179 Å². The molecule has 1 amide bonds. The van der Waals surface area contributed by atoms with E-state index >= 15 is 0 Å². The van der Waals surface area contributed by atoms with Crippen molar-refractivity contribution >= 4 is 41.0 Å². The largest absolute Gasteiger partial charge is 0.493 e. The Kier molecular flexibility index (Phi) is 5.45. The van der Waals surface area contributed by atoms with Gasteiger partial charge in [-0.05, 0) is 12.1 Å². The van der Waals surface area contributed by atoms with Crippen molar-refractivity contribution in [2.24, 2.45) is 0 Å². The van der Waals surface area contributed by atoms with Crippen molar-refractivity contribution in [3.8, 4) is 11.5 Å². The zero-order valence-electron chi connectivity index (χ0n) is 16.7. The van der Waals surface area contributed by atoms with Gasteiger partial charge in [0.15, 0.2) is 11.5 Å². The van der Waals surface area contributed by atoms with Crippen LogP contribution in [-0.2, 0) is 0 Å². The smallest absolute Gasteiger partial charge is 0.253 e. The fourth-order valence-electron chi connectivity index (χ4n) is 3.57. The van der Waals surface area contributed by atoms with E-state index in [9.17, 15) is 4.79 Å². The van der Waals surface area contributed by atoms with E-state index in [1.165, 1.54) is 0 Å². The highest BCUT2D eigenvalue weighted by atomic mass is 32.1. The Morgan fingerprint density at radius 3 is 2.73 bits per heavy atom. The minimum absolute atomic E-state index is 0.161. The van der Waals surface area contributed by atoms with Gasteiger partial charge in [-0.3, -0.25) is 10.2 Å². The molecule has 0 aliphatic carbocycles. The second-order valence-electron chi connectivity index (χ2n) is 6.82. The van der Waals surface area contributed by atoms with Gasteiger partial charge in [0.1, 0.15) is 11.3 Å². The van der Waals surface area contributed by atoms with E-state index in [2.05, 4.69) is 28.2 Å². The third-order valence-electron chi connectivity index (χ3n) is 5.12. The number of hydrogen-bond acceptors (Lipinski definition) is 6. The third kappa shape index (κ3) is 3.52. The van der Waals surface area contributed by atoms with Gasteiger partial charge in [-0.2, -0.15) is 0 Å². The SMILES string of the molecule is COc1cc2c(cc1OC)C(=N)N(CCNC(=O)c1c[nH]c3ccccc13)C(S)N2. The van der Waals surface area contributed by atoms with E-state index in [4.69, 9.17) is 14.9 Å². The molecule has 9 heteroatoms.